The third-order valence-electron chi connectivity index (χ3n) is 5.23. The number of hydrogen-bond acceptors (Lipinski definition) is 0. The molecule has 1 nitrogen and oxygen atoms in total. The van der Waals surface area contributed by atoms with Gasteiger partial charge in [0, 0.05) is 0 Å². The van der Waals surface area contributed by atoms with Crippen LogP contribution in [0.25, 0.3) is 0 Å². The van der Waals surface area contributed by atoms with Gasteiger partial charge in [0.2, 0.25) is 0 Å². The fourth-order valence-corrected chi connectivity index (χ4v) is 4.30. The van der Waals surface area contributed by atoms with Crippen LogP contribution in [0, 0.1) is 0 Å². The summed E-state index contributed by atoms with van der Waals surface area (Å²) in [7, 11) is 2.48. The molecule has 0 aromatic carbocycles. The summed E-state index contributed by atoms with van der Waals surface area (Å²) in [5, 5.41) is 1.15. The van der Waals surface area contributed by atoms with E-state index in [0.717, 1.165) is 5.33 Å². The second-order valence-corrected chi connectivity index (χ2v) is 8.51. The Morgan fingerprint density at radius 3 is 1.21 bits per heavy atom. The van der Waals surface area contributed by atoms with Crippen molar-refractivity contribution in [2.45, 2.75) is 104 Å². The monoisotopic (exact) mass is 517 g/mol. The highest BCUT2D eigenvalue weighted by molar-refractivity contribution is 9.09. The van der Waals surface area contributed by atoms with Gasteiger partial charge in [-0.3, -0.25) is 0 Å². The molecule has 0 unspecified atom stereocenters. The Balaban J connectivity index is 0. The first-order valence-corrected chi connectivity index (χ1v) is 11.7. The van der Waals surface area contributed by atoms with E-state index in [1.165, 1.54) is 114 Å². The molecular weight excluding hydrogens is 473 g/mol. The van der Waals surface area contributed by atoms with E-state index in [1.807, 2.05) is 0 Å². The number of alkyl halides is 1. The van der Waals surface area contributed by atoms with Crippen LogP contribution in [0.15, 0.2) is 0 Å². The van der Waals surface area contributed by atoms with Crippen molar-refractivity contribution in [1.82, 2.24) is 0 Å². The standard InChI is InChI=1S/C21H45BrN.HI/c1-4-6-8-10-12-14-16-19-23(3,21-18-22)20-17-15-13-11-9-7-5-2;/h4-21H2,1-3H3;1H/q+1;/p-1. The first-order chi connectivity index (χ1) is 11.2. The van der Waals surface area contributed by atoms with Gasteiger partial charge >= 0.3 is 0 Å². The molecule has 0 aromatic heterocycles. The molecule has 0 atom stereocenters. The highest BCUT2D eigenvalue weighted by Crippen LogP contribution is 2.14. The third kappa shape index (κ3) is 18.0. The molecule has 0 saturated heterocycles. The first-order valence-electron chi connectivity index (χ1n) is 10.6. The van der Waals surface area contributed by atoms with Gasteiger partial charge in [0.25, 0.3) is 0 Å². The molecule has 0 N–H and O–H groups in total. The number of hydrogen-bond donors (Lipinski definition) is 0. The number of halogens is 2. The number of unbranched alkanes of at least 4 members (excludes halogenated alkanes) is 12. The molecule has 0 aliphatic heterocycles. The molecular formula is C21H45BrIN. The van der Waals surface area contributed by atoms with E-state index in [0.29, 0.717) is 0 Å². The van der Waals surface area contributed by atoms with E-state index >= 15 is 0 Å². The average molecular weight is 518 g/mol. The largest absolute Gasteiger partial charge is 1.00 e. The zero-order chi connectivity index (χ0) is 17.2. The topological polar surface area (TPSA) is 0 Å². The van der Waals surface area contributed by atoms with Gasteiger partial charge in [-0.25, -0.2) is 0 Å². The fraction of sp³-hybridized carbons (Fsp3) is 1.00. The van der Waals surface area contributed by atoms with E-state index in [9.17, 15) is 0 Å². The van der Waals surface area contributed by atoms with Gasteiger partial charge in [-0.15, -0.1) is 0 Å². The van der Waals surface area contributed by atoms with Crippen LogP contribution in [0.3, 0.4) is 0 Å². The molecule has 24 heavy (non-hydrogen) atoms. The molecule has 0 bridgehead atoms. The summed E-state index contributed by atoms with van der Waals surface area (Å²) in [6.45, 7) is 8.66. The summed E-state index contributed by atoms with van der Waals surface area (Å²) in [5.74, 6) is 0. The van der Waals surface area contributed by atoms with Crippen molar-refractivity contribution in [2.75, 3.05) is 32.0 Å². The van der Waals surface area contributed by atoms with Crippen LogP contribution in [0.4, 0.5) is 0 Å². The smallest absolute Gasteiger partial charge is 0.0883 e. The van der Waals surface area contributed by atoms with E-state index in [1.54, 1.807) is 0 Å². The molecule has 0 aliphatic carbocycles. The van der Waals surface area contributed by atoms with Gasteiger partial charge in [0.05, 0.1) is 32.0 Å². The Labute approximate surface area is 179 Å². The summed E-state index contributed by atoms with van der Waals surface area (Å²) in [5.41, 5.74) is 0. The van der Waals surface area contributed by atoms with Gasteiger partial charge in [-0.1, -0.05) is 94.0 Å². The molecule has 0 spiro atoms. The van der Waals surface area contributed by atoms with Crippen molar-refractivity contribution >= 4 is 15.9 Å². The van der Waals surface area contributed by atoms with E-state index in [2.05, 4.69) is 36.8 Å². The lowest BCUT2D eigenvalue weighted by atomic mass is 10.1. The second kappa shape index (κ2) is 20.5. The van der Waals surface area contributed by atoms with Crippen molar-refractivity contribution in [3.63, 3.8) is 0 Å². The Hall–Kier alpha value is 1.17. The molecule has 0 radical (unpaired) electrons. The highest BCUT2D eigenvalue weighted by atomic mass is 127. The zero-order valence-corrected chi connectivity index (χ0v) is 20.7. The maximum Gasteiger partial charge on any atom is 0.0883 e. The summed E-state index contributed by atoms with van der Waals surface area (Å²) >= 11 is 3.67. The van der Waals surface area contributed by atoms with Crippen LogP contribution in [0.2, 0.25) is 0 Å². The molecule has 0 aliphatic rings. The van der Waals surface area contributed by atoms with Crippen molar-refractivity contribution in [1.29, 1.82) is 0 Å². The normalized spacial score (nSPS) is 11.5. The van der Waals surface area contributed by atoms with Crippen LogP contribution in [-0.4, -0.2) is 36.5 Å². The molecule has 0 saturated carbocycles. The van der Waals surface area contributed by atoms with E-state index < -0.39 is 0 Å². The number of rotatable bonds is 18. The van der Waals surface area contributed by atoms with Crippen molar-refractivity contribution in [3.05, 3.63) is 0 Å². The summed E-state index contributed by atoms with van der Waals surface area (Å²) in [6, 6.07) is 0. The average Bonchev–Trinajstić information content (AvgIpc) is 2.53. The maximum atomic E-state index is 3.67. The molecule has 0 aromatic rings. The van der Waals surface area contributed by atoms with Crippen molar-refractivity contribution < 1.29 is 28.5 Å². The number of nitrogens with zero attached hydrogens (tertiary/aromatic N) is 1. The molecule has 0 heterocycles. The minimum atomic E-state index is 0. The van der Waals surface area contributed by atoms with Gasteiger partial charge in [-0.05, 0) is 25.7 Å². The Morgan fingerprint density at radius 2 is 0.875 bits per heavy atom. The van der Waals surface area contributed by atoms with Crippen LogP contribution in [-0.2, 0) is 0 Å². The maximum absolute atomic E-state index is 3.67. The van der Waals surface area contributed by atoms with Crippen LogP contribution in [0.1, 0.15) is 104 Å². The Morgan fingerprint density at radius 1 is 0.542 bits per heavy atom. The Bertz CT molecular complexity index is 218. The minimum Gasteiger partial charge on any atom is -1.00 e. The van der Waals surface area contributed by atoms with Gasteiger partial charge < -0.3 is 28.5 Å². The summed E-state index contributed by atoms with van der Waals surface area (Å²) < 4.78 is 1.29. The number of quaternary nitrogens is 1. The lowest BCUT2D eigenvalue weighted by molar-refractivity contribution is -0.907. The lowest BCUT2D eigenvalue weighted by Gasteiger charge is -2.34. The van der Waals surface area contributed by atoms with Crippen molar-refractivity contribution in [2.24, 2.45) is 0 Å². The van der Waals surface area contributed by atoms with Crippen LogP contribution < -0.4 is 24.0 Å². The fourth-order valence-electron chi connectivity index (χ4n) is 3.44. The SMILES string of the molecule is CCCCCCCCC[N+](C)(CCBr)CCCCCCCCC.[I-]. The predicted molar refractivity (Wildman–Crippen MR) is 111 cm³/mol. The summed E-state index contributed by atoms with van der Waals surface area (Å²) in [6.07, 6.45) is 20.0. The third-order valence-corrected chi connectivity index (χ3v) is 5.58. The van der Waals surface area contributed by atoms with Crippen LogP contribution >= 0.6 is 15.9 Å². The van der Waals surface area contributed by atoms with Gasteiger partial charge in [0.15, 0.2) is 0 Å². The molecule has 0 fully saturated rings. The zero-order valence-electron chi connectivity index (χ0n) is 16.9. The first kappa shape index (κ1) is 27.4. The lowest BCUT2D eigenvalue weighted by Crippen LogP contribution is -3.00. The molecule has 0 rings (SSSR count). The van der Waals surface area contributed by atoms with E-state index in [4.69, 9.17) is 0 Å². The van der Waals surface area contributed by atoms with E-state index in [-0.39, 0.29) is 24.0 Å². The molecule has 148 valence electrons. The second-order valence-electron chi connectivity index (χ2n) is 7.72. The van der Waals surface area contributed by atoms with Crippen molar-refractivity contribution in [3.8, 4) is 0 Å². The van der Waals surface area contributed by atoms with Gasteiger partial charge in [0.1, 0.15) is 0 Å². The molecule has 0 amide bonds. The molecule has 3 heteroatoms. The van der Waals surface area contributed by atoms with Gasteiger partial charge in [-0.2, -0.15) is 0 Å². The Kier molecular flexibility index (Phi) is 23.4. The summed E-state index contributed by atoms with van der Waals surface area (Å²) in [4.78, 5) is 0. The predicted octanol–water partition coefficient (Wildman–Crippen LogP) is 4.33. The van der Waals surface area contributed by atoms with Crippen LogP contribution in [0.5, 0.6) is 0 Å². The quantitative estimate of drug-likeness (QED) is 0.110. The highest BCUT2D eigenvalue weighted by Gasteiger charge is 2.19. The minimum absolute atomic E-state index is 0.